The average molecular weight is 397 g/mol. The number of hydrogen-bond donors (Lipinski definition) is 3. The monoisotopic (exact) mass is 396 g/mol. The largest absolute Gasteiger partial charge is 0.366 e. The number of halogens is 1. The van der Waals surface area contributed by atoms with Gasteiger partial charge in [-0.05, 0) is 43.3 Å². The van der Waals surface area contributed by atoms with E-state index in [2.05, 4.69) is 10.6 Å². The molecule has 3 aromatic rings. The van der Waals surface area contributed by atoms with Gasteiger partial charge in [-0.1, -0.05) is 17.7 Å². The number of amides is 3. The van der Waals surface area contributed by atoms with Crippen molar-refractivity contribution in [1.29, 1.82) is 0 Å². The maximum absolute atomic E-state index is 12.7. The predicted octanol–water partition coefficient (Wildman–Crippen LogP) is 2.95. The Balaban J connectivity index is 1.67. The third kappa shape index (κ3) is 2.99. The van der Waals surface area contributed by atoms with Gasteiger partial charge in [0.2, 0.25) is 5.91 Å². The molecule has 8 heteroatoms. The normalized spacial score (nSPS) is 15.8. The summed E-state index contributed by atoms with van der Waals surface area (Å²) in [4.78, 5) is 36.1. The summed E-state index contributed by atoms with van der Waals surface area (Å²) >= 11 is 6.03. The first-order chi connectivity index (χ1) is 13.3. The molecule has 0 spiro atoms. The van der Waals surface area contributed by atoms with E-state index in [0.29, 0.717) is 23.5 Å². The Labute approximate surface area is 165 Å². The van der Waals surface area contributed by atoms with E-state index in [1.165, 1.54) is 12.1 Å². The van der Waals surface area contributed by atoms with Gasteiger partial charge in [0.1, 0.15) is 5.69 Å². The van der Waals surface area contributed by atoms with Crippen LogP contribution in [0.4, 0.5) is 5.69 Å². The molecule has 4 N–H and O–H groups in total. The lowest BCUT2D eigenvalue weighted by Crippen LogP contribution is -2.37. The Bertz CT molecular complexity index is 1150. The van der Waals surface area contributed by atoms with Gasteiger partial charge in [0.15, 0.2) is 0 Å². The first-order valence-electron chi connectivity index (χ1n) is 8.69. The molecule has 142 valence electrons. The summed E-state index contributed by atoms with van der Waals surface area (Å²) in [5.41, 5.74) is 7.73. The Morgan fingerprint density at radius 3 is 2.71 bits per heavy atom. The molecule has 1 atom stereocenters. The molecular weight excluding hydrogens is 380 g/mol. The summed E-state index contributed by atoms with van der Waals surface area (Å²) < 4.78 is 1.95. The van der Waals surface area contributed by atoms with E-state index >= 15 is 0 Å². The maximum atomic E-state index is 12.7. The zero-order chi connectivity index (χ0) is 20.0. The standard InChI is InChI=1S/C20H17ClN4O3/c1-10-9-23-20(28)17-6-11-2-3-12(7-16(11)25(10)17)19(27)24-13-4-5-14(18(22)26)15(21)8-13/h2-8,10H,9H2,1H3,(H2,22,26)(H,23,28)(H,24,27). The van der Waals surface area contributed by atoms with Crippen LogP contribution in [0, 0.1) is 0 Å². The Hall–Kier alpha value is -3.32. The molecule has 1 aliphatic heterocycles. The summed E-state index contributed by atoms with van der Waals surface area (Å²) in [6.07, 6.45) is 0. The van der Waals surface area contributed by atoms with Crippen molar-refractivity contribution in [2.24, 2.45) is 5.73 Å². The smallest absolute Gasteiger partial charge is 0.268 e. The minimum Gasteiger partial charge on any atom is -0.366 e. The van der Waals surface area contributed by atoms with E-state index in [4.69, 9.17) is 17.3 Å². The maximum Gasteiger partial charge on any atom is 0.268 e. The number of nitrogens with two attached hydrogens (primary N) is 1. The van der Waals surface area contributed by atoms with Crippen molar-refractivity contribution in [2.45, 2.75) is 13.0 Å². The highest BCUT2D eigenvalue weighted by Gasteiger charge is 2.24. The van der Waals surface area contributed by atoms with Crippen molar-refractivity contribution in [2.75, 3.05) is 11.9 Å². The van der Waals surface area contributed by atoms with Gasteiger partial charge < -0.3 is 20.9 Å². The fraction of sp³-hybridized carbons (Fsp3) is 0.150. The van der Waals surface area contributed by atoms with Crippen LogP contribution in [0.2, 0.25) is 5.02 Å². The van der Waals surface area contributed by atoms with Crippen LogP contribution in [0.1, 0.15) is 44.2 Å². The van der Waals surface area contributed by atoms with Crippen LogP contribution >= 0.6 is 11.6 Å². The topological polar surface area (TPSA) is 106 Å². The minimum absolute atomic E-state index is 0.0867. The molecule has 28 heavy (non-hydrogen) atoms. The van der Waals surface area contributed by atoms with Crippen LogP contribution in [-0.4, -0.2) is 28.8 Å². The van der Waals surface area contributed by atoms with E-state index in [1.807, 2.05) is 23.6 Å². The number of fused-ring (bicyclic) bond motifs is 3. The molecule has 4 rings (SSSR count). The summed E-state index contributed by atoms with van der Waals surface area (Å²) in [7, 11) is 0. The van der Waals surface area contributed by atoms with Crippen LogP contribution in [0.5, 0.6) is 0 Å². The number of rotatable bonds is 3. The number of benzene rings is 2. The van der Waals surface area contributed by atoms with Gasteiger partial charge in [0.25, 0.3) is 11.8 Å². The molecule has 2 aromatic carbocycles. The van der Waals surface area contributed by atoms with Gasteiger partial charge in [-0.15, -0.1) is 0 Å². The molecule has 0 saturated carbocycles. The van der Waals surface area contributed by atoms with Crippen LogP contribution < -0.4 is 16.4 Å². The van der Waals surface area contributed by atoms with Crippen LogP contribution in [0.3, 0.4) is 0 Å². The number of primary amides is 1. The zero-order valence-corrected chi connectivity index (χ0v) is 15.7. The summed E-state index contributed by atoms with van der Waals surface area (Å²) in [5.74, 6) is -1.08. The van der Waals surface area contributed by atoms with Crippen molar-refractivity contribution >= 4 is 45.9 Å². The predicted molar refractivity (Wildman–Crippen MR) is 107 cm³/mol. The van der Waals surface area contributed by atoms with Gasteiger partial charge in [0.05, 0.1) is 10.6 Å². The molecule has 0 aliphatic carbocycles. The van der Waals surface area contributed by atoms with Crippen LogP contribution in [0.15, 0.2) is 42.5 Å². The number of carbonyl (C=O) groups excluding carboxylic acids is 3. The van der Waals surface area contributed by atoms with Gasteiger partial charge in [-0.2, -0.15) is 0 Å². The van der Waals surface area contributed by atoms with Gasteiger partial charge in [0, 0.05) is 34.7 Å². The van der Waals surface area contributed by atoms with Crippen molar-refractivity contribution in [1.82, 2.24) is 9.88 Å². The Kier molecular flexibility index (Phi) is 4.31. The Morgan fingerprint density at radius 1 is 1.21 bits per heavy atom. The van der Waals surface area contributed by atoms with Crippen LogP contribution in [0.25, 0.3) is 10.9 Å². The van der Waals surface area contributed by atoms with E-state index in [9.17, 15) is 14.4 Å². The highest BCUT2D eigenvalue weighted by Crippen LogP contribution is 2.28. The summed E-state index contributed by atoms with van der Waals surface area (Å²) in [6.45, 7) is 2.55. The average Bonchev–Trinajstić information content (AvgIpc) is 3.04. The van der Waals surface area contributed by atoms with Crippen molar-refractivity contribution in [3.05, 3.63) is 64.3 Å². The number of aromatic nitrogens is 1. The van der Waals surface area contributed by atoms with Crippen LogP contribution in [-0.2, 0) is 0 Å². The second-order valence-electron chi connectivity index (χ2n) is 6.75. The van der Waals surface area contributed by atoms with Crippen molar-refractivity contribution in [3.63, 3.8) is 0 Å². The minimum atomic E-state index is -0.635. The number of nitrogens with zero attached hydrogens (tertiary/aromatic N) is 1. The molecule has 1 unspecified atom stereocenters. The second kappa shape index (κ2) is 6.69. The number of hydrogen-bond acceptors (Lipinski definition) is 3. The first kappa shape index (κ1) is 18.1. The lowest BCUT2D eigenvalue weighted by Gasteiger charge is -2.24. The summed E-state index contributed by atoms with van der Waals surface area (Å²) in [6, 6.07) is 11.7. The molecule has 0 fully saturated rings. The van der Waals surface area contributed by atoms with E-state index in [-0.39, 0.29) is 28.4 Å². The first-order valence-corrected chi connectivity index (χ1v) is 9.07. The van der Waals surface area contributed by atoms with E-state index in [0.717, 1.165) is 10.9 Å². The zero-order valence-electron chi connectivity index (χ0n) is 15.0. The highest BCUT2D eigenvalue weighted by molar-refractivity contribution is 6.34. The quantitative estimate of drug-likeness (QED) is 0.633. The van der Waals surface area contributed by atoms with Gasteiger partial charge in [-0.25, -0.2) is 0 Å². The molecule has 0 saturated heterocycles. The molecular formula is C20H17ClN4O3. The van der Waals surface area contributed by atoms with Crippen molar-refractivity contribution < 1.29 is 14.4 Å². The molecule has 2 heterocycles. The molecule has 3 amide bonds. The lowest BCUT2D eigenvalue weighted by molar-refractivity contribution is 0.0918. The molecule has 0 bridgehead atoms. The molecule has 1 aliphatic rings. The van der Waals surface area contributed by atoms with Gasteiger partial charge in [-0.3, -0.25) is 14.4 Å². The molecule has 1 aromatic heterocycles. The fourth-order valence-corrected chi connectivity index (χ4v) is 3.70. The third-order valence-electron chi connectivity index (χ3n) is 4.83. The number of anilines is 1. The number of nitrogens with one attached hydrogen (secondary N) is 2. The second-order valence-corrected chi connectivity index (χ2v) is 7.15. The highest BCUT2D eigenvalue weighted by atomic mass is 35.5. The van der Waals surface area contributed by atoms with Gasteiger partial charge >= 0.3 is 0 Å². The molecule has 0 radical (unpaired) electrons. The third-order valence-corrected chi connectivity index (χ3v) is 5.14. The lowest BCUT2D eigenvalue weighted by atomic mass is 10.1. The SMILES string of the molecule is CC1CNC(=O)c2cc3ccc(C(=O)Nc4ccc(C(N)=O)c(Cl)c4)cc3n21. The Morgan fingerprint density at radius 2 is 2.00 bits per heavy atom. The van der Waals surface area contributed by atoms with Crippen molar-refractivity contribution in [3.8, 4) is 0 Å². The van der Waals surface area contributed by atoms with E-state index in [1.54, 1.807) is 18.2 Å². The van der Waals surface area contributed by atoms with E-state index < -0.39 is 5.91 Å². The summed E-state index contributed by atoms with van der Waals surface area (Å²) in [5, 5.41) is 6.67. The number of carbonyl (C=O) groups is 3. The molecule has 7 nitrogen and oxygen atoms in total. The fourth-order valence-electron chi connectivity index (χ4n) is 3.43.